The highest BCUT2D eigenvalue weighted by molar-refractivity contribution is 5.84. The molecule has 2 aliphatic rings. The first-order valence-electron chi connectivity index (χ1n) is 7.32. The zero-order chi connectivity index (χ0) is 15.0. The van der Waals surface area contributed by atoms with Gasteiger partial charge in [-0.25, -0.2) is 0 Å². The predicted octanol–water partition coefficient (Wildman–Crippen LogP) is 2.57. The average molecular weight is 292 g/mol. The van der Waals surface area contributed by atoms with Crippen molar-refractivity contribution in [1.82, 2.24) is 10.2 Å². The fourth-order valence-electron chi connectivity index (χ4n) is 3.49. The number of amides is 1. The molecule has 0 aromatic carbocycles. The summed E-state index contributed by atoms with van der Waals surface area (Å²) in [4.78, 5) is 13.9. The maximum atomic E-state index is 13.4. The van der Waals surface area contributed by atoms with Crippen LogP contribution in [0.3, 0.4) is 0 Å². The lowest BCUT2D eigenvalue weighted by Crippen LogP contribution is -2.55. The topological polar surface area (TPSA) is 32.3 Å². The second kappa shape index (κ2) is 5.54. The van der Waals surface area contributed by atoms with Gasteiger partial charge < -0.3 is 10.2 Å². The van der Waals surface area contributed by atoms with Gasteiger partial charge in [0.05, 0.1) is 0 Å². The highest BCUT2D eigenvalue weighted by Gasteiger charge is 2.62. The van der Waals surface area contributed by atoms with E-state index in [1.54, 1.807) is 0 Å². The van der Waals surface area contributed by atoms with E-state index >= 15 is 0 Å². The number of nitrogens with zero attached hydrogens (tertiary/aromatic N) is 1. The predicted molar refractivity (Wildman–Crippen MR) is 70.2 cm³/mol. The van der Waals surface area contributed by atoms with Gasteiger partial charge in [0.25, 0.3) is 0 Å². The van der Waals surface area contributed by atoms with Crippen molar-refractivity contribution >= 4 is 5.91 Å². The van der Waals surface area contributed by atoms with E-state index < -0.39 is 17.5 Å². The van der Waals surface area contributed by atoms with Crippen LogP contribution in [0.1, 0.15) is 39.0 Å². The van der Waals surface area contributed by atoms with Crippen molar-refractivity contribution < 1.29 is 18.0 Å². The minimum atomic E-state index is -4.48. The first-order valence-corrected chi connectivity index (χ1v) is 7.32. The van der Waals surface area contributed by atoms with E-state index in [4.69, 9.17) is 0 Å². The molecule has 1 aliphatic heterocycles. The zero-order valence-electron chi connectivity index (χ0n) is 12.1. The number of hydrogen-bond acceptors (Lipinski definition) is 2. The Labute approximate surface area is 117 Å². The van der Waals surface area contributed by atoms with Gasteiger partial charge in [-0.15, -0.1) is 0 Å². The molecule has 3 atom stereocenters. The van der Waals surface area contributed by atoms with E-state index in [1.165, 1.54) is 11.9 Å². The van der Waals surface area contributed by atoms with Crippen LogP contribution in [0, 0.1) is 11.3 Å². The standard InChI is InChI=1S/C14H23F3N2O/c1-10-4-3-5-11(8-10)19(2)12(20)13(14(15,16)17)6-7-18-9-13/h10-11,18H,3-9H2,1-2H3. The van der Waals surface area contributed by atoms with Crippen LogP contribution in [0.2, 0.25) is 0 Å². The molecule has 0 bridgehead atoms. The van der Waals surface area contributed by atoms with Crippen LogP contribution in [0.5, 0.6) is 0 Å². The molecule has 0 radical (unpaired) electrons. The van der Waals surface area contributed by atoms with E-state index in [1.807, 2.05) is 0 Å². The molecule has 116 valence electrons. The van der Waals surface area contributed by atoms with Crippen molar-refractivity contribution in [2.24, 2.45) is 11.3 Å². The molecular weight excluding hydrogens is 269 g/mol. The largest absolute Gasteiger partial charge is 0.404 e. The monoisotopic (exact) mass is 292 g/mol. The molecule has 0 aromatic heterocycles. The summed E-state index contributed by atoms with van der Waals surface area (Å²) in [7, 11) is 1.54. The summed E-state index contributed by atoms with van der Waals surface area (Å²) in [5, 5.41) is 2.70. The Bertz CT molecular complexity index is 364. The van der Waals surface area contributed by atoms with Crippen LogP contribution in [0.4, 0.5) is 13.2 Å². The van der Waals surface area contributed by atoms with Gasteiger partial charge in [-0.3, -0.25) is 4.79 Å². The third-order valence-electron chi connectivity index (χ3n) is 4.88. The van der Waals surface area contributed by atoms with Crippen LogP contribution < -0.4 is 5.32 Å². The minimum absolute atomic E-state index is 0.0499. The van der Waals surface area contributed by atoms with E-state index in [2.05, 4.69) is 12.2 Å². The van der Waals surface area contributed by atoms with Crippen LogP contribution in [-0.4, -0.2) is 43.2 Å². The molecule has 2 rings (SSSR count). The number of rotatable bonds is 2. The smallest absolute Gasteiger partial charge is 0.342 e. The van der Waals surface area contributed by atoms with E-state index in [0.29, 0.717) is 5.92 Å². The second-order valence-corrected chi connectivity index (χ2v) is 6.35. The summed E-state index contributed by atoms with van der Waals surface area (Å²) in [5.41, 5.74) is -2.22. The lowest BCUT2D eigenvalue weighted by Gasteiger charge is -2.39. The molecule has 2 fully saturated rings. The fraction of sp³-hybridized carbons (Fsp3) is 0.929. The summed E-state index contributed by atoms with van der Waals surface area (Å²) in [6, 6.07) is -0.0499. The van der Waals surface area contributed by atoms with Crippen LogP contribution in [0.15, 0.2) is 0 Å². The number of carbonyl (C=O) groups is 1. The van der Waals surface area contributed by atoms with Gasteiger partial charge in [0.2, 0.25) is 5.91 Å². The zero-order valence-corrected chi connectivity index (χ0v) is 12.1. The number of alkyl halides is 3. The third-order valence-corrected chi connectivity index (χ3v) is 4.88. The van der Waals surface area contributed by atoms with Gasteiger partial charge in [0.1, 0.15) is 0 Å². The Morgan fingerprint density at radius 1 is 1.35 bits per heavy atom. The van der Waals surface area contributed by atoms with Crippen molar-refractivity contribution in [1.29, 1.82) is 0 Å². The maximum Gasteiger partial charge on any atom is 0.404 e. The molecule has 3 unspecified atom stereocenters. The van der Waals surface area contributed by atoms with E-state index in [9.17, 15) is 18.0 Å². The van der Waals surface area contributed by atoms with Crippen molar-refractivity contribution in [3.63, 3.8) is 0 Å². The van der Waals surface area contributed by atoms with Gasteiger partial charge >= 0.3 is 6.18 Å². The summed E-state index contributed by atoms with van der Waals surface area (Å²) >= 11 is 0. The lowest BCUT2D eigenvalue weighted by atomic mass is 9.81. The fourth-order valence-corrected chi connectivity index (χ4v) is 3.49. The lowest BCUT2D eigenvalue weighted by molar-refractivity contribution is -0.222. The second-order valence-electron chi connectivity index (χ2n) is 6.35. The maximum absolute atomic E-state index is 13.4. The van der Waals surface area contributed by atoms with Gasteiger partial charge in [-0.1, -0.05) is 19.8 Å². The molecular formula is C14H23F3N2O. The quantitative estimate of drug-likeness (QED) is 0.848. The molecule has 6 heteroatoms. The summed E-state index contributed by atoms with van der Waals surface area (Å²) in [5.74, 6) is -0.276. The molecule has 1 N–H and O–H groups in total. The van der Waals surface area contributed by atoms with Crippen molar-refractivity contribution in [2.45, 2.75) is 51.2 Å². The number of hydrogen-bond donors (Lipinski definition) is 1. The highest BCUT2D eigenvalue weighted by Crippen LogP contribution is 2.45. The molecule has 1 heterocycles. The molecule has 0 aromatic rings. The van der Waals surface area contributed by atoms with Crippen molar-refractivity contribution in [2.75, 3.05) is 20.1 Å². The minimum Gasteiger partial charge on any atom is -0.342 e. The Balaban J connectivity index is 2.15. The highest BCUT2D eigenvalue weighted by atomic mass is 19.4. The van der Waals surface area contributed by atoms with Crippen LogP contribution in [0.25, 0.3) is 0 Å². The van der Waals surface area contributed by atoms with Crippen molar-refractivity contribution in [3.8, 4) is 0 Å². The Hall–Kier alpha value is -0.780. The Morgan fingerprint density at radius 2 is 2.05 bits per heavy atom. The first-order chi connectivity index (χ1) is 9.28. The number of nitrogens with one attached hydrogen (secondary N) is 1. The first kappa shape index (κ1) is 15.6. The van der Waals surface area contributed by atoms with Gasteiger partial charge in [0, 0.05) is 19.6 Å². The normalized spacial score (nSPS) is 35.0. The van der Waals surface area contributed by atoms with Crippen LogP contribution >= 0.6 is 0 Å². The van der Waals surface area contributed by atoms with Crippen molar-refractivity contribution in [3.05, 3.63) is 0 Å². The molecule has 1 saturated carbocycles. The third kappa shape index (κ3) is 2.67. The van der Waals surface area contributed by atoms with Gasteiger partial charge in [0.15, 0.2) is 5.41 Å². The van der Waals surface area contributed by atoms with Gasteiger partial charge in [-0.2, -0.15) is 13.2 Å². The summed E-state index contributed by atoms with van der Waals surface area (Å²) in [6.07, 6.45) is -0.924. The Morgan fingerprint density at radius 3 is 2.55 bits per heavy atom. The van der Waals surface area contributed by atoms with Crippen LogP contribution in [-0.2, 0) is 4.79 Å². The van der Waals surface area contributed by atoms with E-state index in [0.717, 1.165) is 25.7 Å². The average Bonchev–Trinajstić information content (AvgIpc) is 2.87. The summed E-state index contributed by atoms with van der Waals surface area (Å²) in [6.45, 7) is 2.06. The number of halogens is 3. The summed E-state index contributed by atoms with van der Waals surface area (Å²) < 4.78 is 40.1. The number of carbonyl (C=O) groups excluding carboxylic acids is 1. The molecule has 1 amide bonds. The Kier molecular flexibility index (Phi) is 4.33. The molecule has 20 heavy (non-hydrogen) atoms. The SMILES string of the molecule is CC1CCCC(N(C)C(=O)C2(C(F)(F)F)CCNC2)C1. The van der Waals surface area contributed by atoms with E-state index in [-0.39, 0.29) is 25.6 Å². The molecule has 0 spiro atoms. The molecule has 1 aliphatic carbocycles. The molecule has 1 saturated heterocycles. The molecule has 3 nitrogen and oxygen atoms in total. The van der Waals surface area contributed by atoms with Gasteiger partial charge in [-0.05, 0) is 31.7 Å².